The van der Waals surface area contributed by atoms with Crippen LogP contribution in [0.4, 0.5) is 0 Å². The SMILES string of the molecule is CCC1=C(/C=C\C=C\C(C)C)CCCN1. The summed E-state index contributed by atoms with van der Waals surface area (Å²) >= 11 is 0. The normalized spacial score (nSPS) is 18.1. The van der Waals surface area contributed by atoms with E-state index in [-0.39, 0.29) is 0 Å². The highest BCUT2D eigenvalue weighted by molar-refractivity contribution is 5.28. The van der Waals surface area contributed by atoms with Crippen LogP contribution in [0.15, 0.2) is 35.6 Å². The van der Waals surface area contributed by atoms with Crippen LogP contribution in [0.1, 0.15) is 40.0 Å². The number of allylic oxidation sites excluding steroid dienone is 6. The Morgan fingerprint density at radius 2 is 2.13 bits per heavy atom. The molecule has 1 rings (SSSR count). The zero-order valence-electron chi connectivity index (χ0n) is 10.2. The van der Waals surface area contributed by atoms with Crippen LogP contribution in [0.25, 0.3) is 0 Å². The Morgan fingerprint density at radius 1 is 1.33 bits per heavy atom. The summed E-state index contributed by atoms with van der Waals surface area (Å²) in [5.74, 6) is 0.638. The summed E-state index contributed by atoms with van der Waals surface area (Å²) in [6.45, 7) is 7.75. The van der Waals surface area contributed by atoms with Gasteiger partial charge in [0.25, 0.3) is 0 Å². The maximum absolute atomic E-state index is 3.47. The van der Waals surface area contributed by atoms with Crippen LogP contribution in [0, 0.1) is 5.92 Å². The summed E-state index contributed by atoms with van der Waals surface area (Å²) in [6.07, 6.45) is 12.4. The van der Waals surface area contributed by atoms with Crippen LogP contribution in [-0.2, 0) is 0 Å². The lowest BCUT2D eigenvalue weighted by Crippen LogP contribution is -2.20. The number of hydrogen-bond acceptors (Lipinski definition) is 1. The lowest BCUT2D eigenvalue weighted by molar-refractivity contribution is 0.651. The molecule has 0 aliphatic carbocycles. The van der Waals surface area contributed by atoms with Crippen molar-refractivity contribution in [3.63, 3.8) is 0 Å². The molecule has 0 atom stereocenters. The molecule has 0 aromatic heterocycles. The molecule has 1 N–H and O–H groups in total. The smallest absolute Gasteiger partial charge is 0.0147 e. The predicted octanol–water partition coefficient (Wildman–Crippen LogP) is 3.80. The molecule has 15 heavy (non-hydrogen) atoms. The molecule has 0 aromatic carbocycles. The minimum Gasteiger partial charge on any atom is -0.388 e. The maximum Gasteiger partial charge on any atom is 0.0147 e. The minimum atomic E-state index is 0.638. The molecule has 1 aliphatic heterocycles. The molecule has 1 nitrogen and oxygen atoms in total. The minimum absolute atomic E-state index is 0.638. The first kappa shape index (κ1) is 12.1. The van der Waals surface area contributed by atoms with E-state index in [1.807, 2.05) is 0 Å². The molecular formula is C14H23N. The Balaban J connectivity index is 2.58. The van der Waals surface area contributed by atoms with E-state index in [4.69, 9.17) is 0 Å². The summed E-state index contributed by atoms with van der Waals surface area (Å²) in [4.78, 5) is 0. The van der Waals surface area contributed by atoms with Crippen molar-refractivity contribution in [2.75, 3.05) is 6.54 Å². The van der Waals surface area contributed by atoms with Gasteiger partial charge in [-0.2, -0.15) is 0 Å². The summed E-state index contributed by atoms with van der Waals surface area (Å²) in [5, 5.41) is 3.47. The van der Waals surface area contributed by atoms with Gasteiger partial charge in [-0.1, -0.05) is 45.1 Å². The molecule has 1 heterocycles. The van der Waals surface area contributed by atoms with E-state index in [1.54, 1.807) is 0 Å². The topological polar surface area (TPSA) is 12.0 Å². The van der Waals surface area contributed by atoms with Gasteiger partial charge < -0.3 is 5.32 Å². The second-order valence-electron chi connectivity index (χ2n) is 4.38. The van der Waals surface area contributed by atoms with Crippen LogP contribution < -0.4 is 5.32 Å². The van der Waals surface area contributed by atoms with E-state index in [2.05, 4.69) is 50.4 Å². The maximum atomic E-state index is 3.47. The third-order valence-corrected chi connectivity index (χ3v) is 2.61. The molecule has 0 fully saturated rings. The van der Waals surface area contributed by atoms with Crippen LogP contribution in [0.5, 0.6) is 0 Å². The van der Waals surface area contributed by atoms with Gasteiger partial charge in [0.05, 0.1) is 0 Å². The second-order valence-corrected chi connectivity index (χ2v) is 4.38. The zero-order valence-corrected chi connectivity index (χ0v) is 10.2. The van der Waals surface area contributed by atoms with Gasteiger partial charge in [0.2, 0.25) is 0 Å². The fourth-order valence-corrected chi connectivity index (χ4v) is 1.78. The van der Waals surface area contributed by atoms with Crippen LogP contribution >= 0.6 is 0 Å². The van der Waals surface area contributed by atoms with Crippen molar-refractivity contribution in [2.24, 2.45) is 5.92 Å². The lowest BCUT2D eigenvalue weighted by atomic mass is 10.0. The molecule has 1 aliphatic rings. The summed E-state index contributed by atoms with van der Waals surface area (Å²) < 4.78 is 0. The highest BCUT2D eigenvalue weighted by Gasteiger charge is 2.06. The number of hydrogen-bond donors (Lipinski definition) is 1. The van der Waals surface area contributed by atoms with Crippen molar-refractivity contribution >= 4 is 0 Å². The van der Waals surface area contributed by atoms with Crippen molar-refractivity contribution < 1.29 is 0 Å². The van der Waals surface area contributed by atoms with Crippen molar-refractivity contribution in [3.8, 4) is 0 Å². The van der Waals surface area contributed by atoms with Gasteiger partial charge in [0.15, 0.2) is 0 Å². The largest absolute Gasteiger partial charge is 0.388 e. The van der Waals surface area contributed by atoms with Gasteiger partial charge >= 0.3 is 0 Å². The predicted molar refractivity (Wildman–Crippen MR) is 67.7 cm³/mol. The third kappa shape index (κ3) is 4.37. The van der Waals surface area contributed by atoms with Crippen molar-refractivity contribution in [1.29, 1.82) is 0 Å². The monoisotopic (exact) mass is 205 g/mol. The van der Waals surface area contributed by atoms with E-state index in [0.29, 0.717) is 5.92 Å². The van der Waals surface area contributed by atoms with Crippen molar-refractivity contribution in [3.05, 3.63) is 35.6 Å². The first-order chi connectivity index (χ1) is 7.24. The van der Waals surface area contributed by atoms with E-state index in [9.17, 15) is 0 Å². The quantitative estimate of drug-likeness (QED) is 0.688. The molecule has 1 heteroatoms. The molecule has 84 valence electrons. The van der Waals surface area contributed by atoms with Crippen molar-refractivity contribution in [2.45, 2.75) is 40.0 Å². The van der Waals surface area contributed by atoms with E-state index in [1.165, 1.54) is 24.1 Å². The zero-order chi connectivity index (χ0) is 11.1. The van der Waals surface area contributed by atoms with Gasteiger partial charge in [-0.15, -0.1) is 0 Å². The summed E-state index contributed by atoms with van der Waals surface area (Å²) in [5.41, 5.74) is 2.91. The summed E-state index contributed by atoms with van der Waals surface area (Å²) in [7, 11) is 0. The Kier molecular flexibility index (Phi) is 5.23. The van der Waals surface area contributed by atoms with Crippen LogP contribution in [0.3, 0.4) is 0 Å². The van der Waals surface area contributed by atoms with E-state index in [0.717, 1.165) is 13.0 Å². The number of rotatable bonds is 4. The highest BCUT2D eigenvalue weighted by Crippen LogP contribution is 2.17. The molecule has 0 radical (unpaired) electrons. The summed E-state index contributed by atoms with van der Waals surface area (Å²) in [6, 6.07) is 0. The fourth-order valence-electron chi connectivity index (χ4n) is 1.78. The first-order valence-electron chi connectivity index (χ1n) is 6.04. The molecule has 0 saturated heterocycles. The first-order valence-corrected chi connectivity index (χ1v) is 6.04. The molecule has 0 aromatic rings. The Bertz CT molecular complexity index is 269. The Labute approximate surface area is 94.0 Å². The molecular weight excluding hydrogens is 182 g/mol. The van der Waals surface area contributed by atoms with E-state index < -0.39 is 0 Å². The lowest BCUT2D eigenvalue weighted by Gasteiger charge is -2.19. The van der Waals surface area contributed by atoms with Gasteiger partial charge in [-0.05, 0) is 30.8 Å². The molecule has 0 amide bonds. The van der Waals surface area contributed by atoms with Gasteiger partial charge in [-0.3, -0.25) is 0 Å². The van der Waals surface area contributed by atoms with Gasteiger partial charge in [0, 0.05) is 12.2 Å². The average molecular weight is 205 g/mol. The van der Waals surface area contributed by atoms with Gasteiger partial charge in [-0.25, -0.2) is 0 Å². The Hall–Kier alpha value is -0.980. The van der Waals surface area contributed by atoms with E-state index >= 15 is 0 Å². The van der Waals surface area contributed by atoms with Crippen molar-refractivity contribution in [1.82, 2.24) is 5.32 Å². The standard InChI is InChI=1S/C14H23N/c1-4-14-13(10-7-11-15-14)9-6-5-8-12(2)3/h5-6,8-9,12,15H,4,7,10-11H2,1-3H3/b8-5+,9-6-. The van der Waals surface area contributed by atoms with Crippen LogP contribution in [0.2, 0.25) is 0 Å². The number of nitrogens with one attached hydrogen (secondary N) is 1. The fraction of sp³-hybridized carbons (Fsp3) is 0.571. The highest BCUT2D eigenvalue weighted by atomic mass is 14.9. The Morgan fingerprint density at radius 3 is 2.80 bits per heavy atom. The molecule has 0 bridgehead atoms. The molecule has 0 unspecified atom stereocenters. The second kappa shape index (κ2) is 6.49. The van der Waals surface area contributed by atoms with Gasteiger partial charge in [0.1, 0.15) is 0 Å². The van der Waals surface area contributed by atoms with Crippen LogP contribution in [-0.4, -0.2) is 6.54 Å². The third-order valence-electron chi connectivity index (χ3n) is 2.61. The molecule has 0 saturated carbocycles. The average Bonchev–Trinajstić information content (AvgIpc) is 2.24. The molecule has 0 spiro atoms.